The molecule has 1 aliphatic heterocycles. The molecule has 13 heteroatoms. The topological polar surface area (TPSA) is 113 Å². The summed E-state index contributed by atoms with van der Waals surface area (Å²) in [5, 5.41) is 13.4. The lowest BCUT2D eigenvalue weighted by atomic mass is 9.96. The fraction of sp³-hybridized carbons (Fsp3) is 0.345. The molecule has 0 atom stereocenters. The van der Waals surface area contributed by atoms with Crippen molar-refractivity contribution < 1.29 is 22.4 Å². The van der Waals surface area contributed by atoms with Crippen LogP contribution in [0.2, 0.25) is 0 Å². The van der Waals surface area contributed by atoms with Gasteiger partial charge in [-0.1, -0.05) is 11.2 Å². The second kappa shape index (κ2) is 10.3. The second-order valence-electron chi connectivity index (χ2n) is 10.6. The predicted octanol–water partition coefficient (Wildman–Crippen LogP) is 4.72. The van der Waals surface area contributed by atoms with Crippen LogP contribution in [0.15, 0.2) is 58.1 Å². The number of hydrogen-bond donors (Lipinski definition) is 1. The smallest absolute Gasteiger partial charge is 0.419 e. The normalized spacial score (nSPS) is 16.3. The molecule has 4 heterocycles. The monoisotopic (exact) mass is 577 g/mol. The van der Waals surface area contributed by atoms with Gasteiger partial charge in [0, 0.05) is 50.4 Å². The Kier molecular flexibility index (Phi) is 6.43. The van der Waals surface area contributed by atoms with Gasteiger partial charge in [0.1, 0.15) is 5.75 Å². The molecule has 2 fully saturated rings. The summed E-state index contributed by atoms with van der Waals surface area (Å²) in [6.45, 7) is 2.20. The number of rotatable bonds is 6. The number of anilines is 2. The third-order valence-corrected chi connectivity index (χ3v) is 7.91. The van der Waals surface area contributed by atoms with Crippen LogP contribution >= 0.6 is 0 Å². The summed E-state index contributed by atoms with van der Waals surface area (Å²) in [6, 6.07) is 11.4. The van der Waals surface area contributed by atoms with Gasteiger partial charge in [0.2, 0.25) is 5.95 Å². The zero-order valence-electron chi connectivity index (χ0n) is 22.4. The Morgan fingerprint density at radius 1 is 0.952 bits per heavy atom. The Balaban J connectivity index is 1.07. The van der Waals surface area contributed by atoms with Crippen LogP contribution in [-0.2, 0) is 12.6 Å². The zero-order chi connectivity index (χ0) is 28.8. The lowest BCUT2D eigenvalue weighted by molar-refractivity contribution is -0.138. The van der Waals surface area contributed by atoms with Crippen LogP contribution in [0.3, 0.4) is 0 Å². The largest absolute Gasteiger partial charge is 0.490 e. The molecule has 0 amide bonds. The first kappa shape index (κ1) is 26.2. The minimum absolute atomic E-state index is 0.227. The van der Waals surface area contributed by atoms with Gasteiger partial charge in [-0.15, -0.1) is 0 Å². The summed E-state index contributed by atoms with van der Waals surface area (Å²) >= 11 is 0. The number of nitrogens with one attached hydrogen (secondary N) is 1. The van der Waals surface area contributed by atoms with E-state index in [0.29, 0.717) is 49.4 Å². The lowest BCUT2D eigenvalue weighted by Gasteiger charge is -2.34. The summed E-state index contributed by atoms with van der Waals surface area (Å²) < 4.78 is 50.3. The van der Waals surface area contributed by atoms with E-state index in [4.69, 9.17) is 9.26 Å². The van der Waals surface area contributed by atoms with Gasteiger partial charge in [0.05, 0.1) is 28.1 Å². The third-order valence-electron chi connectivity index (χ3n) is 7.91. The van der Waals surface area contributed by atoms with Crippen molar-refractivity contribution in [1.82, 2.24) is 25.3 Å². The minimum Gasteiger partial charge on any atom is -0.490 e. The van der Waals surface area contributed by atoms with Crippen molar-refractivity contribution in [3.63, 3.8) is 0 Å². The van der Waals surface area contributed by atoms with Gasteiger partial charge in [-0.25, -0.2) is 15.1 Å². The first-order valence-electron chi connectivity index (χ1n) is 13.8. The van der Waals surface area contributed by atoms with E-state index in [0.717, 1.165) is 53.0 Å². The molecule has 0 spiro atoms. The van der Waals surface area contributed by atoms with Crippen LogP contribution in [0.1, 0.15) is 36.1 Å². The molecular formula is C29H26F3N7O3. The van der Waals surface area contributed by atoms with E-state index < -0.39 is 11.7 Å². The van der Waals surface area contributed by atoms with E-state index in [1.54, 1.807) is 6.07 Å². The highest BCUT2D eigenvalue weighted by Gasteiger charge is 2.32. The van der Waals surface area contributed by atoms with E-state index in [2.05, 4.69) is 30.2 Å². The van der Waals surface area contributed by atoms with E-state index in [9.17, 15) is 18.0 Å². The molecule has 1 saturated heterocycles. The van der Waals surface area contributed by atoms with Crippen molar-refractivity contribution in [1.29, 1.82) is 0 Å². The number of piperazine rings is 1. The summed E-state index contributed by atoms with van der Waals surface area (Å²) in [5.41, 5.74) is 1.18. The van der Waals surface area contributed by atoms with Gasteiger partial charge >= 0.3 is 6.18 Å². The Morgan fingerprint density at radius 3 is 2.40 bits per heavy atom. The maximum absolute atomic E-state index is 12.8. The van der Waals surface area contributed by atoms with Crippen molar-refractivity contribution >= 4 is 33.5 Å². The number of alkyl halides is 3. The maximum atomic E-state index is 12.8. The number of halogens is 3. The van der Waals surface area contributed by atoms with Crippen LogP contribution in [0.25, 0.3) is 21.7 Å². The van der Waals surface area contributed by atoms with E-state index >= 15 is 0 Å². The molecule has 5 aromatic rings. The number of ether oxygens (including phenoxy) is 1. The molecule has 2 aromatic carbocycles. The number of fused-ring (bicyclic) bond motifs is 2. The molecule has 0 radical (unpaired) electrons. The van der Waals surface area contributed by atoms with Gasteiger partial charge in [-0.2, -0.15) is 18.3 Å². The second-order valence-corrected chi connectivity index (χ2v) is 10.6. The van der Waals surface area contributed by atoms with Gasteiger partial charge in [0.15, 0.2) is 11.4 Å². The summed E-state index contributed by atoms with van der Waals surface area (Å²) in [5.74, 6) is 1.71. The highest BCUT2D eigenvalue weighted by Crippen LogP contribution is 2.32. The first-order valence-corrected chi connectivity index (χ1v) is 13.8. The van der Waals surface area contributed by atoms with Gasteiger partial charge < -0.3 is 19.1 Å². The molecule has 3 aromatic heterocycles. The molecule has 1 N–H and O–H groups in total. The Morgan fingerprint density at radius 2 is 1.69 bits per heavy atom. The zero-order valence-corrected chi connectivity index (χ0v) is 22.4. The van der Waals surface area contributed by atoms with Crippen LogP contribution in [0.4, 0.5) is 24.9 Å². The summed E-state index contributed by atoms with van der Waals surface area (Å²) in [4.78, 5) is 24.2. The van der Waals surface area contributed by atoms with E-state index in [-0.39, 0.29) is 17.6 Å². The molecule has 10 nitrogen and oxygen atoms in total. The quantitative estimate of drug-likeness (QED) is 0.306. The van der Waals surface area contributed by atoms with Crippen molar-refractivity contribution in [2.75, 3.05) is 36.0 Å². The van der Waals surface area contributed by atoms with Crippen molar-refractivity contribution in [2.24, 2.45) is 0 Å². The summed E-state index contributed by atoms with van der Waals surface area (Å²) in [6.07, 6.45) is 1.10. The average molecular weight is 578 g/mol. The molecule has 1 saturated carbocycles. The van der Waals surface area contributed by atoms with Crippen LogP contribution in [-0.4, -0.2) is 57.6 Å². The fourth-order valence-electron chi connectivity index (χ4n) is 5.34. The number of aromatic amines is 1. The molecule has 0 unspecified atom stereocenters. The Hall–Kier alpha value is -4.68. The minimum atomic E-state index is -4.47. The molecule has 216 valence electrons. The standard InChI is InChI=1S/C29H26F3N7O3/c30-29(31,32)18-15-33-28(34-16-18)39-10-8-38(9-11-39)26-22-6-4-17(13-25(22)42-37-26)12-24-23-14-20(41-19-2-1-3-19)5-7-21(23)27(40)36-35-24/h4-7,13-16,19H,1-3,8-12H2,(H,36,40). The van der Waals surface area contributed by atoms with Crippen LogP contribution < -0.4 is 20.1 Å². The molecule has 1 aliphatic carbocycles. The predicted molar refractivity (Wildman–Crippen MR) is 149 cm³/mol. The molecule has 2 aliphatic rings. The number of H-pyrrole nitrogens is 1. The van der Waals surface area contributed by atoms with Crippen molar-refractivity contribution in [3.8, 4) is 5.75 Å². The van der Waals surface area contributed by atoms with Crippen molar-refractivity contribution in [2.45, 2.75) is 38.0 Å². The maximum Gasteiger partial charge on any atom is 0.419 e. The summed E-state index contributed by atoms with van der Waals surface area (Å²) in [7, 11) is 0. The van der Waals surface area contributed by atoms with Gasteiger partial charge in [0.25, 0.3) is 5.56 Å². The number of hydrogen-bond acceptors (Lipinski definition) is 9. The van der Waals surface area contributed by atoms with Crippen LogP contribution in [0.5, 0.6) is 5.75 Å². The third kappa shape index (κ3) is 4.99. The highest BCUT2D eigenvalue weighted by molar-refractivity contribution is 5.89. The van der Waals surface area contributed by atoms with Crippen LogP contribution in [0, 0.1) is 0 Å². The molecule has 0 bridgehead atoms. The fourth-order valence-corrected chi connectivity index (χ4v) is 5.34. The number of aromatic nitrogens is 5. The lowest BCUT2D eigenvalue weighted by Crippen LogP contribution is -2.47. The number of nitrogens with zero attached hydrogens (tertiary/aromatic N) is 6. The Bertz CT molecular complexity index is 1810. The Labute approximate surface area is 237 Å². The molecular weight excluding hydrogens is 551 g/mol. The van der Waals surface area contributed by atoms with Crippen molar-refractivity contribution in [3.05, 3.63) is 76.0 Å². The molecule has 7 rings (SSSR count). The van der Waals surface area contributed by atoms with Gasteiger partial charge in [-0.05, 0) is 55.2 Å². The van der Waals surface area contributed by atoms with E-state index in [1.807, 2.05) is 35.2 Å². The SMILES string of the molecule is O=c1[nH]nc(Cc2ccc3c(N4CCN(c5ncc(C(F)(F)F)cn5)CC4)noc3c2)c2cc(OC3CCC3)ccc12. The number of benzene rings is 2. The average Bonchev–Trinajstić information content (AvgIpc) is 3.39. The highest BCUT2D eigenvalue weighted by atomic mass is 19.4. The molecule has 42 heavy (non-hydrogen) atoms. The van der Waals surface area contributed by atoms with Gasteiger partial charge in [-0.3, -0.25) is 4.79 Å². The first-order chi connectivity index (χ1) is 20.3. The van der Waals surface area contributed by atoms with E-state index in [1.165, 1.54) is 6.42 Å².